The predicted octanol–water partition coefficient (Wildman–Crippen LogP) is 13.7. The predicted molar refractivity (Wildman–Crippen MR) is 197 cm³/mol. The summed E-state index contributed by atoms with van der Waals surface area (Å²) in [6.45, 7) is 36.0. The fourth-order valence-corrected chi connectivity index (χ4v) is 4.29. The van der Waals surface area contributed by atoms with Gasteiger partial charge in [-0.25, -0.2) is 0 Å². The van der Waals surface area contributed by atoms with Crippen LogP contribution in [0.4, 0.5) is 0 Å². The van der Waals surface area contributed by atoms with E-state index in [4.69, 9.17) is 0 Å². The Labute approximate surface area is 260 Å². The van der Waals surface area contributed by atoms with E-state index in [1.807, 2.05) is 33.8 Å². The summed E-state index contributed by atoms with van der Waals surface area (Å²) >= 11 is 0. The molecule has 42 heavy (non-hydrogen) atoms. The first-order chi connectivity index (χ1) is 19.7. The lowest BCUT2D eigenvalue weighted by Gasteiger charge is -2.29. The lowest BCUT2D eigenvalue weighted by molar-refractivity contribution is 0.341. The monoisotopic (exact) mass is 569 g/mol. The molecule has 0 saturated carbocycles. The van der Waals surface area contributed by atoms with Crippen LogP contribution < -0.4 is 5.32 Å². The molecular weight excluding hydrogens is 506 g/mol. The first-order valence-corrected chi connectivity index (χ1v) is 16.0. The van der Waals surface area contributed by atoms with Crippen molar-refractivity contribution < 1.29 is 0 Å². The second-order valence-corrected chi connectivity index (χ2v) is 13.1. The maximum absolute atomic E-state index is 3.59. The van der Waals surface area contributed by atoms with E-state index in [1.165, 1.54) is 43.5 Å². The van der Waals surface area contributed by atoms with Crippen molar-refractivity contribution >= 4 is 32.3 Å². The number of nitrogens with one attached hydrogen (secondary N) is 1. The Bertz CT molecular complexity index is 1350. The molecule has 0 aliphatic heterocycles. The third-order valence-corrected chi connectivity index (χ3v) is 6.73. The molecule has 0 saturated heterocycles. The largest absolute Gasteiger partial charge is 0.362 e. The van der Waals surface area contributed by atoms with Crippen LogP contribution in [0, 0.1) is 17.3 Å². The Kier molecular flexibility index (Phi) is 17.8. The van der Waals surface area contributed by atoms with Gasteiger partial charge in [-0.05, 0) is 93.6 Å². The van der Waals surface area contributed by atoms with Gasteiger partial charge in [-0.15, -0.1) is 0 Å². The highest BCUT2D eigenvalue weighted by Gasteiger charge is 2.24. The minimum atomic E-state index is 0.267. The van der Waals surface area contributed by atoms with Crippen LogP contribution in [0.15, 0.2) is 90.8 Å². The lowest BCUT2D eigenvalue weighted by atomic mass is 9.75. The molecule has 0 radical (unpaired) electrons. The van der Waals surface area contributed by atoms with Crippen molar-refractivity contribution in [1.29, 1.82) is 0 Å². The van der Waals surface area contributed by atoms with E-state index < -0.39 is 0 Å². The fourth-order valence-electron chi connectivity index (χ4n) is 4.29. The summed E-state index contributed by atoms with van der Waals surface area (Å²) in [6.07, 6.45) is 5.77. The lowest BCUT2D eigenvalue weighted by Crippen LogP contribution is -2.15. The number of hydrogen-bond donors (Lipinski definition) is 1. The highest BCUT2D eigenvalue weighted by Crippen LogP contribution is 2.42. The molecule has 1 N–H and O–H groups in total. The number of benzene rings is 4. The SMILES string of the molecule is C=CNC(=C/C)/C(C)=C\C.CC.CC(C)C.CC(C)C.CC(c1ccc2ccc3cccc4ccc1c2c34)C(C)(C)C. The van der Waals surface area contributed by atoms with Gasteiger partial charge in [-0.2, -0.15) is 0 Å². The highest BCUT2D eigenvalue weighted by molar-refractivity contribution is 6.23. The topological polar surface area (TPSA) is 12.0 Å². The summed E-state index contributed by atoms with van der Waals surface area (Å²) in [5, 5.41) is 11.4. The van der Waals surface area contributed by atoms with Crippen molar-refractivity contribution in [1.82, 2.24) is 5.32 Å². The second-order valence-electron chi connectivity index (χ2n) is 13.1. The van der Waals surface area contributed by atoms with Gasteiger partial charge in [0.15, 0.2) is 0 Å². The van der Waals surface area contributed by atoms with E-state index in [2.05, 4.69) is 149 Å². The van der Waals surface area contributed by atoms with Crippen molar-refractivity contribution in [2.45, 2.75) is 110 Å². The molecule has 0 spiro atoms. The molecule has 0 fully saturated rings. The molecule has 0 heterocycles. The van der Waals surface area contributed by atoms with Crippen molar-refractivity contribution in [2.24, 2.45) is 17.3 Å². The van der Waals surface area contributed by atoms with Gasteiger partial charge in [0, 0.05) is 5.70 Å². The smallest absolute Gasteiger partial charge is 0.0362 e. The van der Waals surface area contributed by atoms with Gasteiger partial charge in [0.25, 0.3) is 0 Å². The average molecular weight is 570 g/mol. The Morgan fingerprint density at radius 1 is 0.690 bits per heavy atom. The Morgan fingerprint density at radius 3 is 1.52 bits per heavy atom. The minimum absolute atomic E-state index is 0.267. The van der Waals surface area contributed by atoms with Crippen LogP contribution >= 0.6 is 0 Å². The van der Waals surface area contributed by atoms with Crippen molar-refractivity contribution in [3.8, 4) is 0 Å². The van der Waals surface area contributed by atoms with Crippen LogP contribution in [-0.2, 0) is 0 Å². The van der Waals surface area contributed by atoms with E-state index in [0.29, 0.717) is 5.92 Å². The summed E-state index contributed by atoms with van der Waals surface area (Å²) in [5.74, 6) is 2.19. The first kappa shape index (κ1) is 38.9. The minimum Gasteiger partial charge on any atom is -0.362 e. The van der Waals surface area contributed by atoms with Crippen molar-refractivity contribution in [3.63, 3.8) is 0 Å². The molecule has 0 bridgehead atoms. The molecule has 1 nitrogen and oxygen atoms in total. The summed E-state index contributed by atoms with van der Waals surface area (Å²) in [4.78, 5) is 0. The molecule has 1 unspecified atom stereocenters. The average Bonchev–Trinajstić information content (AvgIpc) is 2.94. The summed E-state index contributed by atoms with van der Waals surface area (Å²) in [7, 11) is 0. The van der Waals surface area contributed by atoms with Crippen LogP contribution in [0.1, 0.15) is 115 Å². The Balaban J connectivity index is 0.000000703. The molecule has 4 rings (SSSR count). The number of rotatable bonds is 4. The van der Waals surface area contributed by atoms with Gasteiger partial charge in [0.2, 0.25) is 0 Å². The third kappa shape index (κ3) is 12.0. The van der Waals surface area contributed by atoms with Gasteiger partial charge >= 0.3 is 0 Å². The zero-order chi connectivity index (χ0) is 32.6. The Hall–Kier alpha value is -3.06. The number of hydrogen-bond acceptors (Lipinski definition) is 1. The molecule has 0 aliphatic rings. The Morgan fingerprint density at radius 2 is 1.12 bits per heavy atom. The standard InChI is InChI=1S/C22H22.C9H15N.2C4H10.C2H6/c1-14(22(2,3)4)18-12-10-17-9-8-15-6-5-7-16-11-13-19(18)21(17)20(15)16;1-5-8(4)9(6-2)10-7-3;2*1-4(2)3;1-2/h5-14H,1-4H3;5-7,10H,3H2,1-2,4H3;2*4H,1-3H3;1-2H3/b;8-5-,9-6+;;;. The van der Waals surface area contributed by atoms with Crippen LogP contribution in [-0.4, -0.2) is 0 Å². The molecule has 4 aromatic rings. The maximum atomic E-state index is 3.59. The van der Waals surface area contributed by atoms with E-state index in [1.54, 1.807) is 6.20 Å². The van der Waals surface area contributed by atoms with E-state index in [9.17, 15) is 0 Å². The zero-order valence-electron chi connectivity index (χ0n) is 29.9. The van der Waals surface area contributed by atoms with Crippen LogP contribution in [0.5, 0.6) is 0 Å². The summed E-state index contributed by atoms with van der Waals surface area (Å²) < 4.78 is 0. The van der Waals surface area contributed by atoms with Crippen LogP contribution in [0.25, 0.3) is 32.3 Å². The van der Waals surface area contributed by atoms with Crippen molar-refractivity contribution in [2.75, 3.05) is 0 Å². The highest BCUT2D eigenvalue weighted by atomic mass is 14.8. The summed E-state index contributed by atoms with van der Waals surface area (Å²) in [5.41, 5.74) is 4.10. The van der Waals surface area contributed by atoms with E-state index >= 15 is 0 Å². The molecular formula is C41H63N. The van der Waals surface area contributed by atoms with Gasteiger partial charge < -0.3 is 5.32 Å². The van der Waals surface area contributed by atoms with Crippen LogP contribution in [0.2, 0.25) is 0 Å². The molecule has 0 aromatic heterocycles. The summed E-state index contributed by atoms with van der Waals surface area (Å²) in [6, 6.07) is 20.3. The molecule has 1 heteroatoms. The van der Waals surface area contributed by atoms with Gasteiger partial charge in [0.05, 0.1) is 0 Å². The zero-order valence-corrected chi connectivity index (χ0v) is 29.9. The molecule has 4 aromatic carbocycles. The second kappa shape index (κ2) is 19.2. The first-order valence-electron chi connectivity index (χ1n) is 16.0. The third-order valence-electron chi connectivity index (χ3n) is 6.73. The fraction of sp³-hybridized carbons (Fsp3) is 0.463. The van der Waals surface area contributed by atoms with E-state index in [-0.39, 0.29) is 5.41 Å². The van der Waals surface area contributed by atoms with Crippen molar-refractivity contribution in [3.05, 3.63) is 96.4 Å². The molecule has 1 atom stereocenters. The molecule has 232 valence electrons. The normalized spacial score (nSPS) is 12.4. The van der Waals surface area contributed by atoms with Gasteiger partial charge in [0.1, 0.15) is 0 Å². The van der Waals surface area contributed by atoms with Gasteiger partial charge in [-0.1, -0.05) is 156 Å². The molecule has 0 amide bonds. The van der Waals surface area contributed by atoms with Gasteiger partial charge in [-0.3, -0.25) is 0 Å². The van der Waals surface area contributed by atoms with Crippen LogP contribution in [0.3, 0.4) is 0 Å². The molecule has 0 aliphatic carbocycles. The number of allylic oxidation sites excluding steroid dienone is 3. The van der Waals surface area contributed by atoms with E-state index in [0.717, 1.165) is 17.5 Å². The maximum Gasteiger partial charge on any atom is 0.0362 e. The quantitative estimate of drug-likeness (QED) is 0.190.